The average Bonchev–Trinajstić information content (AvgIpc) is 2.39. The summed E-state index contributed by atoms with van der Waals surface area (Å²) in [6, 6.07) is 0. The van der Waals surface area contributed by atoms with Gasteiger partial charge in [0.05, 0.1) is 6.10 Å². The number of aliphatic hydroxyl groups is 1. The predicted octanol–water partition coefficient (Wildman–Crippen LogP) is 3.78. The average molecular weight is 210 g/mol. The molecule has 0 aliphatic heterocycles. The van der Waals surface area contributed by atoms with Gasteiger partial charge in [-0.15, -0.1) is 0 Å². The Balaban J connectivity index is 2.42. The molecular weight excluding hydrogens is 184 g/mol. The first-order valence-corrected chi connectivity index (χ1v) is 6.21. The molecule has 88 valence electrons. The van der Waals surface area contributed by atoms with E-state index >= 15 is 0 Å². The molecule has 1 heteroatoms. The van der Waals surface area contributed by atoms with E-state index in [1.807, 2.05) is 6.92 Å². The monoisotopic (exact) mass is 210 g/mol. The maximum absolute atomic E-state index is 9.46. The van der Waals surface area contributed by atoms with Crippen molar-refractivity contribution in [3.63, 3.8) is 0 Å². The Labute approximate surface area is 94.6 Å². The van der Waals surface area contributed by atoms with Gasteiger partial charge in [-0.3, -0.25) is 0 Å². The van der Waals surface area contributed by atoms with Crippen LogP contribution in [0.5, 0.6) is 0 Å². The zero-order chi connectivity index (χ0) is 11.6. The third kappa shape index (κ3) is 2.84. The molecule has 0 radical (unpaired) electrons. The molecule has 1 nitrogen and oxygen atoms in total. The summed E-state index contributed by atoms with van der Waals surface area (Å²) in [5, 5.41) is 9.46. The van der Waals surface area contributed by atoms with Crippen molar-refractivity contribution in [1.82, 2.24) is 0 Å². The molecule has 0 bridgehead atoms. The van der Waals surface area contributed by atoms with Gasteiger partial charge < -0.3 is 5.11 Å². The quantitative estimate of drug-likeness (QED) is 0.700. The van der Waals surface area contributed by atoms with Gasteiger partial charge >= 0.3 is 0 Å². The van der Waals surface area contributed by atoms with E-state index in [0.717, 1.165) is 12.3 Å². The van der Waals surface area contributed by atoms with Crippen molar-refractivity contribution in [2.45, 2.75) is 60.0 Å². The molecule has 1 aliphatic carbocycles. The molecular formula is C14H26O. The Morgan fingerprint density at radius 2 is 2.07 bits per heavy atom. The van der Waals surface area contributed by atoms with E-state index in [2.05, 4.69) is 33.8 Å². The lowest BCUT2D eigenvalue weighted by atomic mass is 9.74. The second-order valence-electron chi connectivity index (χ2n) is 5.84. The van der Waals surface area contributed by atoms with Crippen LogP contribution in [0.3, 0.4) is 0 Å². The van der Waals surface area contributed by atoms with Crippen molar-refractivity contribution < 1.29 is 5.11 Å². The molecule has 2 unspecified atom stereocenters. The van der Waals surface area contributed by atoms with Crippen molar-refractivity contribution in [3.05, 3.63) is 11.6 Å². The SMILES string of the molecule is CC1=CC[C@H](CCC(C)C(C)O)C1(C)C. The van der Waals surface area contributed by atoms with Gasteiger partial charge in [0, 0.05) is 0 Å². The number of hydrogen-bond acceptors (Lipinski definition) is 1. The second-order valence-corrected chi connectivity index (χ2v) is 5.84. The van der Waals surface area contributed by atoms with Crippen LogP contribution < -0.4 is 0 Å². The highest BCUT2D eigenvalue weighted by atomic mass is 16.3. The van der Waals surface area contributed by atoms with Gasteiger partial charge in [0.25, 0.3) is 0 Å². The topological polar surface area (TPSA) is 20.2 Å². The first-order valence-electron chi connectivity index (χ1n) is 6.21. The summed E-state index contributed by atoms with van der Waals surface area (Å²) in [4.78, 5) is 0. The highest BCUT2D eigenvalue weighted by Gasteiger charge is 2.34. The van der Waals surface area contributed by atoms with Gasteiger partial charge in [0.15, 0.2) is 0 Å². The summed E-state index contributed by atoms with van der Waals surface area (Å²) in [7, 11) is 0. The molecule has 1 rings (SSSR count). The first-order chi connectivity index (χ1) is 6.85. The van der Waals surface area contributed by atoms with Gasteiger partial charge in [0.2, 0.25) is 0 Å². The Morgan fingerprint density at radius 1 is 1.47 bits per heavy atom. The van der Waals surface area contributed by atoms with Crippen LogP contribution in [-0.2, 0) is 0 Å². The maximum atomic E-state index is 9.46. The van der Waals surface area contributed by atoms with Gasteiger partial charge in [-0.2, -0.15) is 0 Å². The Hall–Kier alpha value is -0.300. The van der Waals surface area contributed by atoms with Crippen LogP contribution in [0.2, 0.25) is 0 Å². The van der Waals surface area contributed by atoms with Crippen LogP contribution >= 0.6 is 0 Å². The van der Waals surface area contributed by atoms with E-state index in [9.17, 15) is 5.11 Å². The molecule has 0 aromatic rings. The van der Waals surface area contributed by atoms with E-state index in [-0.39, 0.29) is 6.10 Å². The molecule has 15 heavy (non-hydrogen) atoms. The highest BCUT2D eigenvalue weighted by Crippen LogP contribution is 2.45. The number of hydrogen-bond donors (Lipinski definition) is 1. The van der Waals surface area contributed by atoms with Crippen LogP contribution in [0.15, 0.2) is 11.6 Å². The molecule has 0 saturated heterocycles. The van der Waals surface area contributed by atoms with Gasteiger partial charge in [-0.05, 0) is 50.4 Å². The van der Waals surface area contributed by atoms with Crippen LogP contribution in [0, 0.1) is 17.3 Å². The lowest BCUT2D eigenvalue weighted by Gasteiger charge is -2.30. The lowest BCUT2D eigenvalue weighted by Crippen LogP contribution is -2.22. The lowest BCUT2D eigenvalue weighted by molar-refractivity contribution is 0.120. The Kier molecular flexibility index (Phi) is 3.99. The summed E-state index contributed by atoms with van der Waals surface area (Å²) >= 11 is 0. The van der Waals surface area contributed by atoms with Crippen LogP contribution in [-0.4, -0.2) is 11.2 Å². The van der Waals surface area contributed by atoms with E-state index in [1.165, 1.54) is 18.4 Å². The van der Waals surface area contributed by atoms with E-state index in [0.29, 0.717) is 11.3 Å². The molecule has 1 N–H and O–H groups in total. The van der Waals surface area contributed by atoms with Gasteiger partial charge in [-0.1, -0.05) is 32.4 Å². The van der Waals surface area contributed by atoms with Crippen molar-refractivity contribution in [2.24, 2.45) is 17.3 Å². The minimum absolute atomic E-state index is 0.163. The van der Waals surface area contributed by atoms with Gasteiger partial charge in [-0.25, -0.2) is 0 Å². The smallest absolute Gasteiger partial charge is 0.0537 e. The minimum Gasteiger partial charge on any atom is -0.393 e. The minimum atomic E-state index is -0.163. The molecule has 0 amide bonds. The molecule has 0 fully saturated rings. The summed E-state index contributed by atoms with van der Waals surface area (Å²) < 4.78 is 0. The van der Waals surface area contributed by atoms with Crippen molar-refractivity contribution in [1.29, 1.82) is 0 Å². The third-order valence-electron chi connectivity index (χ3n) is 4.54. The summed E-state index contributed by atoms with van der Waals surface area (Å²) in [5.41, 5.74) is 1.91. The standard InChI is InChI=1S/C14H26O/c1-10(12(3)15)6-8-13-9-7-11(2)14(13,4)5/h7,10,12-13,15H,6,8-9H2,1-5H3/t10?,12?,13-/m0/s1. The Morgan fingerprint density at radius 3 is 2.47 bits per heavy atom. The fraction of sp³-hybridized carbons (Fsp3) is 0.857. The number of rotatable bonds is 4. The predicted molar refractivity (Wildman–Crippen MR) is 65.7 cm³/mol. The summed E-state index contributed by atoms with van der Waals surface area (Å²) in [5.74, 6) is 1.21. The van der Waals surface area contributed by atoms with Crippen molar-refractivity contribution in [2.75, 3.05) is 0 Å². The highest BCUT2D eigenvalue weighted by molar-refractivity contribution is 5.18. The fourth-order valence-electron chi connectivity index (χ4n) is 2.38. The Bertz CT molecular complexity index is 238. The second kappa shape index (κ2) is 4.69. The van der Waals surface area contributed by atoms with Gasteiger partial charge in [0.1, 0.15) is 0 Å². The summed E-state index contributed by atoms with van der Waals surface area (Å²) in [6.07, 6.45) is 5.84. The van der Waals surface area contributed by atoms with E-state index in [1.54, 1.807) is 0 Å². The van der Waals surface area contributed by atoms with E-state index < -0.39 is 0 Å². The normalized spacial score (nSPS) is 28.7. The van der Waals surface area contributed by atoms with Crippen molar-refractivity contribution >= 4 is 0 Å². The maximum Gasteiger partial charge on any atom is 0.0537 e. The number of aliphatic hydroxyl groups excluding tert-OH is 1. The molecule has 0 heterocycles. The third-order valence-corrected chi connectivity index (χ3v) is 4.54. The first kappa shape index (κ1) is 12.8. The zero-order valence-corrected chi connectivity index (χ0v) is 10.9. The van der Waals surface area contributed by atoms with E-state index in [4.69, 9.17) is 0 Å². The summed E-state index contributed by atoms with van der Waals surface area (Å²) in [6.45, 7) is 11.0. The van der Waals surface area contributed by atoms with Crippen LogP contribution in [0.1, 0.15) is 53.9 Å². The van der Waals surface area contributed by atoms with Crippen molar-refractivity contribution in [3.8, 4) is 0 Å². The largest absolute Gasteiger partial charge is 0.393 e. The molecule has 1 aliphatic rings. The number of allylic oxidation sites excluding steroid dienone is 2. The van der Waals surface area contributed by atoms with Crippen LogP contribution in [0.25, 0.3) is 0 Å². The van der Waals surface area contributed by atoms with Crippen LogP contribution in [0.4, 0.5) is 0 Å². The molecule has 0 aromatic carbocycles. The fourth-order valence-corrected chi connectivity index (χ4v) is 2.38. The molecule has 3 atom stereocenters. The molecule has 0 aromatic heterocycles. The zero-order valence-electron chi connectivity index (χ0n) is 10.9. The molecule has 0 saturated carbocycles. The molecule has 0 spiro atoms.